The maximum atomic E-state index is 13.0. The first kappa shape index (κ1) is 118. The molecule has 19 rings (SSSR count). The van der Waals surface area contributed by atoms with Crippen molar-refractivity contribution < 1.29 is 47.8 Å². The molecular weight excluding hydrogens is 2220 g/mol. The van der Waals surface area contributed by atoms with Gasteiger partial charge in [-0.25, -0.2) is 9.59 Å². The van der Waals surface area contributed by atoms with Gasteiger partial charge in [0.2, 0.25) is 11.0 Å². The van der Waals surface area contributed by atoms with Crippen molar-refractivity contribution in [3.63, 3.8) is 0 Å². The van der Waals surface area contributed by atoms with Crippen LogP contribution in [0.1, 0.15) is 378 Å². The molecule has 17 aromatic rings. The molecule has 0 amide bonds. The van der Waals surface area contributed by atoms with Gasteiger partial charge in [-0.05, 0) is 128 Å². The average molecular weight is 2400 g/mol. The van der Waals surface area contributed by atoms with Crippen molar-refractivity contribution in [1.29, 1.82) is 0 Å². The van der Waals surface area contributed by atoms with Crippen LogP contribution in [0.4, 0.5) is 5.69 Å². The van der Waals surface area contributed by atoms with Gasteiger partial charge in [0.05, 0.1) is 30.3 Å². The number of aromatic amines is 2. The van der Waals surface area contributed by atoms with E-state index < -0.39 is 36.1 Å². The number of benzene rings is 4. The molecular formula is C128H172IN5O5S9Sn. The van der Waals surface area contributed by atoms with Crippen molar-refractivity contribution in [2.24, 2.45) is 0 Å². The fraction of sp³-hybridized carbons (Fsp3) is 0.523. The number of rotatable bonds is 50. The van der Waals surface area contributed by atoms with Crippen molar-refractivity contribution >= 4 is 231 Å². The molecule has 804 valence electrons. The zero-order valence-corrected chi connectivity index (χ0v) is 106. The van der Waals surface area contributed by atoms with Gasteiger partial charge in [-0.3, -0.25) is 0 Å². The summed E-state index contributed by atoms with van der Waals surface area (Å²) in [6, 6.07) is 43.7. The van der Waals surface area contributed by atoms with Gasteiger partial charge in [-0.2, -0.15) is 4.58 Å². The number of esters is 2. The Bertz CT molecular complexity index is 7640. The number of hydrogen-bond donors (Lipinski definition) is 2. The Morgan fingerprint density at radius 3 is 1.37 bits per heavy atom. The number of fused-ring (bicyclic) bond motifs is 8. The second-order valence-electron chi connectivity index (χ2n) is 43.4. The van der Waals surface area contributed by atoms with E-state index >= 15 is 0 Å². The van der Waals surface area contributed by atoms with Crippen LogP contribution < -0.4 is 46.9 Å². The first-order chi connectivity index (χ1) is 71.9. The van der Waals surface area contributed by atoms with Crippen LogP contribution in [0.15, 0.2) is 115 Å². The summed E-state index contributed by atoms with van der Waals surface area (Å²) in [7, 11) is 0. The molecule has 13 aromatic heterocycles. The molecule has 0 unspecified atom stereocenters. The van der Waals surface area contributed by atoms with Gasteiger partial charge in [-0.15, -0.1) is 68.0 Å². The smallest absolute Gasteiger partial charge is 1.00 e. The molecule has 21 heteroatoms. The van der Waals surface area contributed by atoms with E-state index in [1.54, 1.807) is 26.5 Å². The number of cyclic esters (lactones) is 2. The van der Waals surface area contributed by atoms with E-state index in [-0.39, 0.29) is 29.5 Å². The Labute approximate surface area is 947 Å². The molecule has 1 fully saturated rings. The van der Waals surface area contributed by atoms with Crippen molar-refractivity contribution in [2.75, 3.05) is 13.2 Å². The molecule has 0 bridgehead atoms. The number of halogens is 1. The van der Waals surface area contributed by atoms with Gasteiger partial charge >= 0.3 is 241 Å². The van der Waals surface area contributed by atoms with Crippen LogP contribution in [0.5, 0.6) is 5.75 Å². The van der Waals surface area contributed by atoms with Crippen LogP contribution in [-0.2, 0) is 51.4 Å². The van der Waals surface area contributed by atoms with E-state index in [0.29, 0.717) is 5.35 Å². The molecule has 149 heavy (non-hydrogen) atoms. The minimum Gasteiger partial charge on any atom is -1.00 e. The summed E-state index contributed by atoms with van der Waals surface area (Å²) in [6.45, 7) is 39.1. The predicted molar refractivity (Wildman–Crippen MR) is 660 cm³/mol. The van der Waals surface area contributed by atoms with E-state index in [9.17, 15) is 9.59 Å². The SMILES string of the molecule is CCCCCCCC.CCCCCCCC.CCCCCCOc1c[c]([Sn]([CH3])([CH3])[CH3])sc1-c1cc2c(s1)c1sc(CCCCCC)cc1n2CCCCCC.CCCCCCc1cc2c(s1)=c1sc(=c3sc(=c4ccc5[nH]c(C)c6cccc4c56)cc3C)cc1[N+]=2CCCCCC.CCCCCCc1cc2c(s1)c1sc(-c3sc(-c4ccc5[nH]c(=C6C(=O)OC(C)(C)OC6=O)c6cccc4c56)cc3C)cc1n2CCCCCC.[I-]. The minimum atomic E-state index is -2.21. The van der Waals surface area contributed by atoms with E-state index in [4.69, 9.17) is 14.2 Å². The van der Waals surface area contributed by atoms with Crippen molar-refractivity contribution in [1.82, 2.24) is 23.7 Å². The van der Waals surface area contributed by atoms with Crippen molar-refractivity contribution in [3.8, 4) is 35.7 Å². The van der Waals surface area contributed by atoms with E-state index in [1.807, 2.05) is 97.6 Å². The summed E-state index contributed by atoms with van der Waals surface area (Å²) < 4.78 is 40.1. The van der Waals surface area contributed by atoms with Crippen molar-refractivity contribution in [3.05, 3.63) is 185 Å². The Balaban J connectivity index is 0.000000164. The second kappa shape index (κ2) is 57.5. The molecule has 2 aliphatic rings. The molecule has 0 radical (unpaired) electrons. The van der Waals surface area contributed by atoms with Gasteiger partial charge in [0.1, 0.15) is 15.6 Å². The van der Waals surface area contributed by atoms with Gasteiger partial charge in [0, 0.05) is 111 Å². The first-order valence-corrected chi connectivity index (χ1v) is 75.1. The average Bonchev–Trinajstić information content (AvgIpc) is 1.58. The number of ether oxygens (including phenoxy) is 3. The Morgan fingerprint density at radius 2 is 0.832 bits per heavy atom. The van der Waals surface area contributed by atoms with Gasteiger partial charge in [-0.1, -0.05) is 278 Å². The van der Waals surface area contributed by atoms with E-state index in [2.05, 4.69) is 255 Å². The summed E-state index contributed by atoms with van der Waals surface area (Å²) >= 11 is 15.8. The molecule has 0 atom stereocenters. The first-order valence-electron chi connectivity index (χ1n) is 57.8. The predicted octanol–water partition coefficient (Wildman–Crippen LogP) is 37.8. The summed E-state index contributed by atoms with van der Waals surface area (Å²) in [5.74, 6) is -1.50. The summed E-state index contributed by atoms with van der Waals surface area (Å²) in [6.07, 6.45) is 56.9. The Kier molecular flexibility index (Phi) is 45.6. The van der Waals surface area contributed by atoms with Gasteiger partial charge in [0.25, 0.3) is 5.79 Å². The molecule has 0 saturated carbocycles. The van der Waals surface area contributed by atoms with Crippen LogP contribution in [-0.4, -0.2) is 68.4 Å². The zero-order chi connectivity index (χ0) is 105. The number of hydrogen-bond acceptors (Lipinski definition) is 14. The number of carbonyl (C=O) groups excluding carboxylic acids is 2. The monoisotopic (exact) mass is 2390 g/mol. The normalized spacial score (nSPS) is 13.4. The van der Waals surface area contributed by atoms with Crippen LogP contribution >= 0.6 is 102 Å². The standard InChI is InChI=1S/C42H44N2O4S3.C37H40N2S3.C30H42NOS3.2C8H18.3CH3.HI.Sn/c1-6-8-10-12-15-25-22-30-38(49-25)39-31(44(30)20-13-11-9-7-2)23-33(51-39)37-24(3)21-32(50-37)26-18-19-29-34-27(26)16-14-17-28(34)36(43-29)35-40(45)47-42(4,5)48-41(35)46;1-5-7-9-11-14-25-21-30-36(40-25)37-31(39(30)19-12-10-8-6-2)22-33(42-37)35-23(3)20-32(41-35)27-17-18-29-34-26(24(4)38-29)15-13-16-28(27)34;1-4-7-10-13-16-23-21-24-28(34-23)29-25(31(24)18-14-11-8-5-2)22-27(35-29)30-26(17-20-33-30)32-19-15-12-9-6-3;2*1-3-5-7-8-6-4-2;;;;;/h14,16-19,21-23,43H,6-13,15,20H2,1-5H3;13,15-18,20-22H,5-12,14,19H2,1-4H3;17,21-22H,4-16,18-19H2,1-3H3;2*3-8H2,1-2H3;3*1H3;1H;. The molecule has 2 N–H and O–H groups in total. The molecule has 4 aromatic carbocycles. The second-order valence-corrected chi connectivity index (χ2v) is 68.6. The number of H-pyrrole nitrogens is 2. The number of aromatic nitrogens is 4. The fourth-order valence-corrected chi connectivity index (χ4v) is 38.0. The topological polar surface area (TPSA) is 106 Å². The summed E-state index contributed by atoms with van der Waals surface area (Å²) in [5, 5.41) is 10.2. The zero-order valence-electron chi connectivity index (χ0n) is 93.6. The third kappa shape index (κ3) is 29.0. The van der Waals surface area contributed by atoms with Crippen molar-refractivity contribution in [2.45, 2.75) is 421 Å². The number of nitrogens with one attached hydrogen (secondary N) is 2. The summed E-state index contributed by atoms with van der Waals surface area (Å²) in [5.41, 5.74) is 14.2. The Hall–Kier alpha value is -6.42. The number of aryl methyl sites for hydroxylation is 8. The Morgan fingerprint density at radius 1 is 0.383 bits per heavy atom. The third-order valence-electron chi connectivity index (χ3n) is 29.6. The molecule has 2 aliphatic heterocycles. The van der Waals surface area contributed by atoms with E-state index in [0.717, 1.165) is 65.7 Å². The van der Waals surface area contributed by atoms with Crippen LogP contribution in [0.25, 0.3) is 120 Å². The minimum absolute atomic E-state index is 0. The fourth-order valence-electron chi connectivity index (χ4n) is 21.4. The molecule has 0 aliphatic carbocycles. The third-order valence-corrected chi connectivity index (χ3v) is 50.7. The molecule has 0 spiro atoms. The maximum absolute atomic E-state index is 13.0. The van der Waals surface area contributed by atoms with Gasteiger partial charge in [0.15, 0.2) is 5.57 Å². The van der Waals surface area contributed by atoms with Gasteiger partial charge < -0.3 is 48.0 Å². The number of thiophene rings is 9. The number of carbonyl (C=O) groups is 2. The number of unbranched alkanes of at least 4 members (excludes halogenated alkanes) is 31. The molecule has 10 nitrogen and oxygen atoms in total. The number of nitrogens with zero attached hydrogens (tertiary/aromatic N) is 3. The van der Waals surface area contributed by atoms with E-state index in [1.165, 1.54) is 417 Å². The molecule has 1 saturated heterocycles. The molecule has 15 heterocycles. The van der Waals surface area contributed by atoms with Crippen LogP contribution in [0, 0.1) is 48.7 Å². The summed E-state index contributed by atoms with van der Waals surface area (Å²) in [4.78, 5) is 51.8. The quantitative estimate of drug-likeness (QED) is 0.0130. The van der Waals surface area contributed by atoms with Crippen LogP contribution in [0.2, 0.25) is 14.8 Å². The van der Waals surface area contributed by atoms with Crippen LogP contribution in [0.3, 0.4) is 0 Å².